The van der Waals surface area contributed by atoms with Crippen LogP contribution in [0.3, 0.4) is 0 Å². The van der Waals surface area contributed by atoms with Gasteiger partial charge in [0.25, 0.3) is 5.69 Å². The number of nitro benzene ring substituents is 1. The van der Waals surface area contributed by atoms with Gasteiger partial charge >= 0.3 is 0 Å². The lowest BCUT2D eigenvalue weighted by atomic mass is 10.0. The number of piperidine rings is 1. The van der Waals surface area contributed by atoms with Gasteiger partial charge in [-0.25, -0.2) is 0 Å². The largest absolute Gasteiger partial charge is 0.381 e. The Morgan fingerprint density at radius 1 is 1.17 bits per heavy atom. The number of rotatable bonds is 4. The molecule has 0 N–H and O–H groups in total. The van der Waals surface area contributed by atoms with Crippen LogP contribution < -0.4 is 4.90 Å². The quantitative estimate of drug-likeness (QED) is 0.630. The zero-order valence-corrected chi connectivity index (χ0v) is 13.6. The van der Waals surface area contributed by atoms with Crippen molar-refractivity contribution in [2.75, 3.05) is 31.2 Å². The van der Waals surface area contributed by atoms with Crippen molar-refractivity contribution in [2.24, 2.45) is 0 Å². The lowest BCUT2D eigenvalue weighted by molar-refractivity contribution is -0.384. The van der Waals surface area contributed by atoms with Gasteiger partial charge in [0.05, 0.1) is 17.1 Å². The first-order valence-corrected chi connectivity index (χ1v) is 8.36. The molecule has 1 aromatic carbocycles. The van der Waals surface area contributed by atoms with Crippen LogP contribution in [-0.2, 0) is 9.47 Å². The van der Waals surface area contributed by atoms with E-state index in [2.05, 4.69) is 4.90 Å². The van der Waals surface area contributed by atoms with Crippen LogP contribution in [0, 0.1) is 17.0 Å². The van der Waals surface area contributed by atoms with Crippen molar-refractivity contribution in [1.82, 2.24) is 0 Å². The zero-order chi connectivity index (χ0) is 16.2. The molecule has 1 aromatic rings. The molecule has 0 amide bonds. The number of benzene rings is 1. The van der Waals surface area contributed by atoms with Gasteiger partial charge in [0, 0.05) is 44.1 Å². The number of nitro groups is 1. The van der Waals surface area contributed by atoms with Crippen molar-refractivity contribution >= 4 is 11.4 Å². The van der Waals surface area contributed by atoms with Gasteiger partial charge in [0.1, 0.15) is 0 Å². The standard InChI is InChI=1S/C17H24N2O4/c1-13-12-14(19(20)21)2-3-17(13)18-8-4-15(5-9-18)23-16-6-10-22-11-7-16/h2-3,12,15-16H,4-11H2,1H3. The molecule has 0 aromatic heterocycles. The summed E-state index contributed by atoms with van der Waals surface area (Å²) in [6, 6.07) is 5.11. The Bertz CT molecular complexity index is 550. The Morgan fingerprint density at radius 2 is 1.83 bits per heavy atom. The fraction of sp³-hybridized carbons (Fsp3) is 0.647. The smallest absolute Gasteiger partial charge is 0.269 e. The zero-order valence-electron chi connectivity index (χ0n) is 13.6. The third kappa shape index (κ3) is 4.00. The highest BCUT2D eigenvalue weighted by Gasteiger charge is 2.25. The highest BCUT2D eigenvalue weighted by molar-refractivity contribution is 5.57. The van der Waals surface area contributed by atoms with E-state index < -0.39 is 0 Å². The van der Waals surface area contributed by atoms with Crippen molar-refractivity contribution in [2.45, 2.75) is 44.8 Å². The summed E-state index contributed by atoms with van der Waals surface area (Å²) in [5.41, 5.74) is 2.21. The van der Waals surface area contributed by atoms with Crippen molar-refractivity contribution in [3.63, 3.8) is 0 Å². The molecular weight excluding hydrogens is 296 g/mol. The van der Waals surface area contributed by atoms with Gasteiger partial charge in [0.15, 0.2) is 0 Å². The van der Waals surface area contributed by atoms with Gasteiger partial charge in [0.2, 0.25) is 0 Å². The van der Waals surface area contributed by atoms with Gasteiger partial charge in [-0.3, -0.25) is 10.1 Å². The topological polar surface area (TPSA) is 64.8 Å². The van der Waals surface area contributed by atoms with E-state index in [9.17, 15) is 10.1 Å². The number of ether oxygens (including phenoxy) is 2. The first-order chi connectivity index (χ1) is 11.1. The molecule has 6 nitrogen and oxygen atoms in total. The fourth-order valence-electron chi connectivity index (χ4n) is 3.43. The third-order valence-corrected chi connectivity index (χ3v) is 4.73. The van der Waals surface area contributed by atoms with E-state index >= 15 is 0 Å². The highest BCUT2D eigenvalue weighted by atomic mass is 16.6. The Balaban J connectivity index is 1.55. The molecule has 0 bridgehead atoms. The predicted octanol–water partition coefficient (Wildman–Crippen LogP) is 3.07. The van der Waals surface area contributed by atoms with Crippen LogP contribution in [0.2, 0.25) is 0 Å². The van der Waals surface area contributed by atoms with Crippen molar-refractivity contribution in [1.29, 1.82) is 0 Å². The third-order valence-electron chi connectivity index (χ3n) is 4.73. The SMILES string of the molecule is Cc1cc([N+](=O)[O-])ccc1N1CCC(OC2CCOCC2)CC1. The van der Waals surface area contributed by atoms with Crippen LogP contribution in [0.5, 0.6) is 0 Å². The minimum atomic E-state index is -0.343. The first-order valence-electron chi connectivity index (χ1n) is 8.36. The van der Waals surface area contributed by atoms with E-state index in [0.29, 0.717) is 12.2 Å². The molecule has 3 rings (SSSR count). The molecule has 0 saturated carbocycles. The lowest BCUT2D eigenvalue weighted by Crippen LogP contribution is -2.39. The predicted molar refractivity (Wildman–Crippen MR) is 88.0 cm³/mol. The molecule has 2 saturated heterocycles. The summed E-state index contributed by atoms with van der Waals surface area (Å²) < 4.78 is 11.6. The van der Waals surface area contributed by atoms with Crippen molar-refractivity contribution in [3.05, 3.63) is 33.9 Å². The molecule has 6 heteroatoms. The molecule has 2 fully saturated rings. The molecule has 0 unspecified atom stereocenters. The molecule has 0 spiro atoms. The second-order valence-corrected chi connectivity index (χ2v) is 6.36. The molecule has 2 aliphatic heterocycles. The summed E-state index contributed by atoms with van der Waals surface area (Å²) in [5.74, 6) is 0. The van der Waals surface area contributed by atoms with E-state index in [0.717, 1.165) is 63.2 Å². The summed E-state index contributed by atoms with van der Waals surface area (Å²) in [5, 5.41) is 10.8. The Morgan fingerprint density at radius 3 is 2.43 bits per heavy atom. The van der Waals surface area contributed by atoms with Crippen molar-refractivity contribution in [3.8, 4) is 0 Å². The number of nitrogens with zero attached hydrogens (tertiary/aromatic N) is 2. The maximum absolute atomic E-state index is 10.8. The Kier molecular flexibility index (Phi) is 5.13. The van der Waals surface area contributed by atoms with Crippen LogP contribution in [0.1, 0.15) is 31.2 Å². The van der Waals surface area contributed by atoms with E-state index in [1.165, 1.54) is 0 Å². The average Bonchev–Trinajstić information content (AvgIpc) is 2.56. The molecule has 0 aliphatic carbocycles. The number of hydrogen-bond acceptors (Lipinski definition) is 5. The highest BCUT2D eigenvalue weighted by Crippen LogP contribution is 2.28. The maximum Gasteiger partial charge on any atom is 0.269 e. The monoisotopic (exact) mass is 320 g/mol. The van der Waals surface area contributed by atoms with Crippen molar-refractivity contribution < 1.29 is 14.4 Å². The molecular formula is C17H24N2O4. The van der Waals surface area contributed by atoms with Gasteiger partial charge in [-0.2, -0.15) is 0 Å². The number of anilines is 1. The Hall–Kier alpha value is -1.66. The second kappa shape index (κ2) is 7.27. The summed E-state index contributed by atoms with van der Waals surface area (Å²) in [6.45, 7) is 5.43. The molecule has 0 atom stereocenters. The van der Waals surface area contributed by atoms with E-state index in [1.54, 1.807) is 12.1 Å². The van der Waals surface area contributed by atoms with Gasteiger partial charge in [-0.15, -0.1) is 0 Å². The van der Waals surface area contributed by atoms with Crippen LogP contribution >= 0.6 is 0 Å². The van der Waals surface area contributed by atoms with E-state index in [-0.39, 0.29) is 10.6 Å². The number of aryl methyl sites for hydroxylation is 1. The Labute approximate surface area is 136 Å². The minimum Gasteiger partial charge on any atom is -0.381 e. The van der Waals surface area contributed by atoms with Gasteiger partial charge in [-0.05, 0) is 44.2 Å². The van der Waals surface area contributed by atoms with Gasteiger partial charge < -0.3 is 14.4 Å². The lowest BCUT2D eigenvalue weighted by Gasteiger charge is -2.36. The van der Waals surface area contributed by atoms with Gasteiger partial charge in [-0.1, -0.05) is 0 Å². The van der Waals surface area contributed by atoms with E-state index in [1.807, 2.05) is 13.0 Å². The average molecular weight is 320 g/mol. The summed E-state index contributed by atoms with van der Waals surface area (Å²) in [7, 11) is 0. The van der Waals surface area contributed by atoms with Crippen LogP contribution in [0.4, 0.5) is 11.4 Å². The maximum atomic E-state index is 10.8. The van der Waals surface area contributed by atoms with Crippen LogP contribution in [0.25, 0.3) is 0 Å². The summed E-state index contributed by atoms with van der Waals surface area (Å²) in [6.07, 6.45) is 4.69. The van der Waals surface area contributed by atoms with Crippen LogP contribution in [0.15, 0.2) is 18.2 Å². The van der Waals surface area contributed by atoms with E-state index in [4.69, 9.17) is 9.47 Å². The molecule has 2 heterocycles. The molecule has 0 radical (unpaired) electrons. The number of hydrogen-bond donors (Lipinski definition) is 0. The molecule has 126 valence electrons. The fourth-order valence-corrected chi connectivity index (χ4v) is 3.43. The second-order valence-electron chi connectivity index (χ2n) is 6.36. The minimum absolute atomic E-state index is 0.156. The normalized spacial score (nSPS) is 20.7. The molecule has 23 heavy (non-hydrogen) atoms. The number of non-ortho nitro benzene ring substituents is 1. The summed E-state index contributed by atoms with van der Waals surface area (Å²) in [4.78, 5) is 12.8. The molecule has 2 aliphatic rings. The summed E-state index contributed by atoms with van der Waals surface area (Å²) >= 11 is 0. The van der Waals surface area contributed by atoms with Crippen LogP contribution in [-0.4, -0.2) is 43.4 Å². The first kappa shape index (κ1) is 16.2.